The number of anilines is 3. The number of rotatable bonds is 3. The summed E-state index contributed by atoms with van der Waals surface area (Å²) in [6, 6.07) is 15.2. The Balaban J connectivity index is 1.69. The van der Waals surface area contributed by atoms with Crippen LogP contribution in [0.3, 0.4) is 0 Å². The SMILES string of the molecule is CCCc1ccc(-c2cnc3nc2NCCCCNS(=O)(=O)c2cccc(c2)N3)cc1. The molecule has 0 aliphatic carbocycles. The number of nitrogens with one attached hydrogen (secondary N) is 3. The highest BCUT2D eigenvalue weighted by Gasteiger charge is 2.15. The number of aromatic nitrogens is 2. The van der Waals surface area contributed by atoms with Gasteiger partial charge in [0.15, 0.2) is 0 Å². The largest absolute Gasteiger partial charge is 0.369 e. The monoisotopic (exact) mass is 437 g/mol. The number of benzene rings is 2. The summed E-state index contributed by atoms with van der Waals surface area (Å²) >= 11 is 0. The Morgan fingerprint density at radius 3 is 2.65 bits per heavy atom. The molecule has 4 bridgehead atoms. The van der Waals surface area contributed by atoms with Gasteiger partial charge < -0.3 is 10.6 Å². The van der Waals surface area contributed by atoms with Crippen molar-refractivity contribution in [2.45, 2.75) is 37.5 Å². The summed E-state index contributed by atoms with van der Waals surface area (Å²) in [5.74, 6) is 1.17. The molecule has 3 N–H and O–H groups in total. The molecule has 31 heavy (non-hydrogen) atoms. The molecule has 4 rings (SSSR count). The van der Waals surface area contributed by atoms with Crippen molar-refractivity contribution in [1.29, 1.82) is 0 Å². The molecule has 3 aromatic rings. The van der Waals surface area contributed by atoms with E-state index in [0.29, 0.717) is 24.7 Å². The van der Waals surface area contributed by atoms with E-state index < -0.39 is 10.0 Å². The topological polar surface area (TPSA) is 96.0 Å². The molecule has 0 saturated carbocycles. The van der Waals surface area contributed by atoms with Crippen molar-refractivity contribution in [2.75, 3.05) is 23.7 Å². The van der Waals surface area contributed by atoms with Crippen LogP contribution in [-0.2, 0) is 16.4 Å². The van der Waals surface area contributed by atoms with Crippen LogP contribution in [0.1, 0.15) is 31.7 Å². The van der Waals surface area contributed by atoms with E-state index in [0.717, 1.165) is 42.6 Å². The molecule has 0 radical (unpaired) electrons. The molecule has 0 fully saturated rings. The average Bonchev–Trinajstić information content (AvgIpc) is 2.77. The van der Waals surface area contributed by atoms with Crippen molar-refractivity contribution < 1.29 is 8.42 Å². The van der Waals surface area contributed by atoms with Crippen LogP contribution in [0.2, 0.25) is 0 Å². The highest BCUT2D eigenvalue weighted by molar-refractivity contribution is 7.89. The molecule has 8 heteroatoms. The van der Waals surface area contributed by atoms with Gasteiger partial charge in [0.25, 0.3) is 0 Å². The molecular formula is C23H27N5O2S. The van der Waals surface area contributed by atoms with Crippen LogP contribution in [0.15, 0.2) is 59.6 Å². The minimum Gasteiger partial charge on any atom is -0.369 e. The van der Waals surface area contributed by atoms with Crippen molar-refractivity contribution in [1.82, 2.24) is 14.7 Å². The van der Waals surface area contributed by atoms with E-state index in [4.69, 9.17) is 0 Å². The van der Waals surface area contributed by atoms with Crippen molar-refractivity contribution in [3.05, 3.63) is 60.3 Å². The van der Waals surface area contributed by atoms with Gasteiger partial charge in [0, 0.05) is 30.5 Å². The van der Waals surface area contributed by atoms with Crippen molar-refractivity contribution in [3.8, 4) is 11.1 Å². The second kappa shape index (κ2) is 9.45. The fraction of sp³-hybridized carbons (Fsp3) is 0.304. The van der Waals surface area contributed by atoms with E-state index in [1.54, 1.807) is 30.5 Å². The van der Waals surface area contributed by atoms with Crippen LogP contribution >= 0.6 is 0 Å². The zero-order valence-electron chi connectivity index (χ0n) is 17.6. The lowest BCUT2D eigenvalue weighted by Gasteiger charge is -2.15. The van der Waals surface area contributed by atoms with E-state index in [1.807, 2.05) is 0 Å². The summed E-state index contributed by atoms with van der Waals surface area (Å²) in [6.07, 6.45) is 5.52. The molecule has 0 saturated heterocycles. The van der Waals surface area contributed by atoms with E-state index in [9.17, 15) is 8.42 Å². The summed E-state index contributed by atoms with van der Waals surface area (Å²) in [6.45, 7) is 3.25. The number of aryl methyl sites for hydroxylation is 1. The van der Waals surface area contributed by atoms with Crippen LogP contribution in [-0.4, -0.2) is 31.5 Å². The highest BCUT2D eigenvalue weighted by Crippen LogP contribution is 2.28. The molecule has 0 atom stereocenters. The molecule has 0 amide bonds. The lowest BCUT2D eigenvalue weighted by atomic mass is 10.0. The van der Waals surface area contributed by atoms with Crippen LogP contribution < -0.4 is 15.4 Å². The van der Waals surface area contributed by atoms with Gasteiger partial charge in [-0.05, 0) is 48.6 Å². The van der Waals surface area contributed by atoms with Gasteiger partial charge in [-0.2, -0.15) is 4.98 Å². The predicted octanol–water partition coefficient (Wildman–Crippen LogP) is 4.32. The first kappa shape index (κ1) is 21.3. The van der Waals surface area contributed by atoms with Gasteiger partial charge >= 0.3 is 0 Å². The Hall–Kier alpha value is -2.97. The van der Waals surface area contributed by atoms with Crippen molar-refractivity contribution in [2.24, 2.45) is 0 Å². The lowest BCUT2D eigenvalue weighted by Crippen LogP contribution is -2.25. The predicted molar refractivity (Wildman–Crippen MR) is 124 cm³/mol. The number of nitrogens with zero attached hydrogens (tertiary/aromatic N) is 2. The molecule has 162 valence electrons. The van der Waals surface area contributed by atoms with Crippen LogP contribution in [0.4, 0.5) is 17.5 Å². The van der Waals surface area contributed by atoms with Gasteiger partial charge in [-0.3, -0.25) is 0 Å². The first-order chi connectivity index (χ1) is 15.0. The minimum absolute atomic E-state index is 0.219. The molecule has 0 spiro atoms. The molecule has 7 nitrogen and oxygen atoms in total. The average molecular weight is 438 g/mol. The summed E-state index contributed by atoms with van der Waals surface area (Å²) in [5.41, 5.74) is 3.93. The second-order valence-corrected chi connectivity index (χ2v) is 9.35. The maximum Gasteiger partial charge on any atom is 0.240 e. The van der Waals surface area contributed by atoms with E-state index in [-0.39, 0.29) is 4.90 Å². The Labute approximate surface area is 183 Å². The third-order valence-corrected chi connectivity index (χ3v) is 6.64. The molecule has 1 aromatic heterocycles. The Morgan fingerprint density at radius 2 is 1.84 bits per heavy atom. The van der Waals surface area contributed by atoms with Gasteiger partial charge in [-0.1, -0.05) is 43.7 Å². The van der Waals surface area contributed by atoms with Gasteiger partial charge in [0.1, 0.15) is 5.82 Å². The minimum atomic E-state index is -3.54. The van der Waals surface area contributed by atoms with E-state index in [1.165, 1.54) is 5.56 Å². The number of fused-ring (bicyclic) bond motifs is 4. The van der Waals surface area contributed by atoms with E-state index >= 15 is 0 Å². The van der Waals surface area contributed by atoms with Crippen LogP contribution in [0.5, 0.6) is 0 Å². The van der Waals surface area contributed by atoms with Gasteiger partial charge in [0.2, 0.25) is 16.0 Å². The third-order valence-electron chi connectivity index (χ3n) is 5.18. The Kier molecular flexibility index (Phi) is 6.48. The summed E-state index contributed by atoms with van der Waals surface area (Å²) in [5, 5.41) is 6.53. The van der Waals surface area contributed by atoms with Crippen LogP contribution in [0, 0.1) is 0 Å². The maximum atomic E-state index is 12.5. The summed E-state index contributed by atoms with van der Waals surface area (Å²) in [4.78, 5) is 9.38. The second-order valence-electron chi connectivity index (χ2n) is 7.59. The smallest absolute Gasteiger partial charge is 0.240 e. The normalized spacial score (nSPS) is 15.9. The fourth-order valence-corrected chi connectivity index (χ4v) is 4.66. The zero-order valence-corrected chi connectivity index (χ0v) is 18.4. The molecule has 2 aromatic carbocycles. The molecule has 0 unspecified atom stereocenters. The number of sulfonamides is 1. The number of hydrogen-bond donors (Lipinski definition) is 3. The molecule has 1 aliphatic heterocycles. The quantitative estimate of drug-likeness (QED) is 0.565. The third kappa shape index (κ3) is 5.21. The van der Waals surface area contributed by atoms with Crippen molar-refractivity contribution in [3.63, 3.8) is 0 Å². The first-order valence-corrected chi connectivity index (χ1v) is 12.1. The van der Waals surface area contributed by atoms with Gasteiger partial charge in [-0.15, -0.1) is 0 Å². The Morgan fingerprint density at radius 1 is 1.03 bits per heavy atom. The van der Waals surface area contributed by atoms with Crippen LogP contribution in [0.25, 0.3) is 11.1 Å². The first-order valence-electron chi connectivity index (χ1n) is 10.6. The number of hydrogen-bond acceptors (Lipinski definition) is 6. The zero-order chi connectivity index (χ0) is 21.7. The van der Waals surface area contributed by atoms with Gasteiger partial charge in [-0.25, -0.2) is 18.1 Å². The summed E-state index contributed by atoms with van der Waals surface area (Å²) in [7, 11) is -3.54. The molecule has 2 heterocycles. The lowest BCUT2D eigenvalue weighted by molar-refractivity contribution is 0.577. The van der Waals surface area contributed by atoms with E-state index in [2.05, 4.69) is 56.5 Å². The van der Waals surface area contributed by atoms with Gasteiger partial charge in [0.05, 0.1) is 4.90 Å². The highest BCUT2D eigenvalue weighted by atomic mass is 32.2. The molecular weight excluding hydrogens is 410 g/mol. The standard InChI is InChI=1S/C23H27N5O2S/c1-2-6-17-9-11-18(12-10-17)21-16-25-23-27-19-7-5-8-20(15-19)31(29,30)26-14-4-3-13-24-22(21)28-23/h5,7-12,15-16,26H,2-4,6,13-14H2,1H3,(H2,24,25,27,28). The molecule has 1 aliphatic rings. The fourth-order valence-electron chi connectivity index (χ4n) is 3.54. The van der Waals surface area contributed by atoms with Crippen molar-refractivity contribution >= 4 is 27.5 Å². The summed E-state index contributed by atoms with van der Waals surface area (Å²) < 4.78 is 27.7. The Bertz CT molecular complexity index is 1150. The maximum absolute atomic E-state index is 12.5.